The van der Waals surface area contributed by atoms with E-state index in [4.69, 9.17) is 27.9 Å². The van der Waals surface area contributed by atoms with Gasteiger partial charge in [0.25, 0.3) is 5.91 Å². The van der Waals surface area contributed by atoms with Crippen molar-refractivity contribution in [3.05, 3.63) is 81.1 Å². The van der Waals surface area contributed by atoms with Crippen LogP contribution in [0.2, 0.25) is 10.0 Å². The number of carbonyl (C=O) groups excluding carboxylic acids is 2. The lowest BCUT2D eigenvalue weighted by Gasteiger charge is -2.31. The minimum atomic E-state index is -0.527. The number of hydrogen-bond acceptors (Lipinski definition) is 4. The molecule has 0 atom stereocenters. The molecule has 178 valence electrons. The summed E-state index contributed by atoms with van der Waals surface area (Å²) >= 11 is 12.0. The summed E-state index contributed by atoms with van der Waals surface area (Å²) in [5.41, 5.74) is 3.71. The number of amides is 2. The summed E-state index contributed by atoms with van der Waals surface area (Å²) < 4.78 is 7.15. The molecular formula is C25H26Cl2N4O3. The second-order valence-corrected chi connectivity index (χ2v) is 10.1. The van der Waals surface area contributed by atoms with E-state index in [0.717, 1.165) is 16.7 Å². The Hall–Kier alpha value is -3.03. The highest BCUT2D eigenvalue weighted by atomic mass is 35.5. The summed E-state index contributed by atoms with van der Waals surface area (Å²) in [6.07, 6.45) is 3.60. The lowest BCUT2D eigenvalue weighted by Crippen LogP contribution is -2.39. The number of nitrogens with one attached hydrogen (secondary N) is 1. The third kappa shape index (κ3) is 5.90. The molecule has 1 aromatic heterocycles. The Balaban J connectivity index is 1.38. The lowest BCUT2D eigenvalue weighted by molar-refractivity contribution is 0.0224. The van der Waals surface area contributed by atoms with Crippen molar-refractivity contribution >= 4 is 40.9 Å². The van der Waals surface area contributed by atoms with E-state index in [2.05, 4.69) is 10.4 Å². The number of nitrogens with zero attached hydrogens (tertiary/aromatic N) is 3. The molecule has 0 saturated carbocycles. The summed E-state index contributed by atoms with van der Waals surface area (Å²) in [5, 5.41) is 8.18. The third-order valence-electron chi connectivity index (χ3n) is 5.35. The Kier molecular flexibility index (Phi) is 6.86. The van der Waals surface area contributed by atoms with Crippen LogP contribution in [0.5, 0.6) is 0 Å². The molecule has 1 aliphatic heterocycles. The molecule has 34 heavy (non-hydrogen) atoms. The van der Waals surface area contributed by atoms with Crippen molar-refractivity contribution in [3.63, 3.8) is 0 Å². The van der Waals surface area contributed by atoms with E-state index in [-0.39, 0.29) is 12.0 Å². The molecule has 4 rings (SSSR count). The summed E-state index contributed by atoms with van der Waals surface area (Å²) in [6.45, 7) is 7.09. The molecule has 0 fully saturated rings. The van der Waals surface area contributed by atoms with E-state index in [0.29, 0.717) is 47.4 Å². The molecule has 2 aromatic carbocycles. The van der Waals surface area contributed by atoms with E-state index in [1.807, 2.05) is 45.0 Å². The Morgan fingerprint density at radius 1 is 1.09 bits per heavy atom. The van der Waals surface area contributed by atoms with Crippen LogP contribution in [0.3, 0.4) is 0 Å². The number of hydrogen-bond donors (Lipinski definition) is 1. The highest BCUT2D eigenvalue weighted by molar-refractivity contribution is 6.42. The first-order chi connectivity index (χ1) is 16.1. The van der Waals surface area contributed by atoms with Crippen LogP contribution in [0.25, 0.3) is 0 Å². The number of halogens is 2. The first kappa shape index (κ1) is 24.1. The molecule has 0 unspecified atom stereocenters. The van der Waals surface area contributed by atoms with Gasteiger partial charge in [-0.15, -0.1) is 0 Å². The number of carbonyl (C=O) groups is 2. The van der Waals surface area contributed by atoms with Crippen molar-refractivity contribution in [2.24, 2.45) is 0 Å². The largest absolute Gasteiger partial charge is 0.444 e. The molecule has 7 nitrogen and oxygen atoms in total. The molecule has 0 spiro atoms. The molecule has 0 radical (unpaired) electrons. The zero-order chi connectivity index (χ0) is 24.5. The van der Waals surface area contributed by atoms with Gasteiger partial charge >= 0.3 is 6.09 Å². The fourth-order valence-electron chi connectivity index (χ4n) is 3.71. The maximum absolute atomic E-state index is 12.7. The van der Waals surface area contributed by atoms with Crippen LogP contribution in [-0.4, -0.2) is 38.8 Å². The second-order valence-electron chi connectivity index (χ2n) is 9.26. The third-order valence-corrected chi connectivity index (χ3v) is 6.09. The van der Waals surface area contributed by atoms with E-state index < -0.39 is 5.60 Å². The number of anilines is 1. The van der Waals surface area contributed by atoms with Crippen LogP contribution in [-0.2, 0) is 24.2 Å². The summed E-state index contributed by atoms with van der Waals surface area (Å²) in [7, 11) is 0. The van der Waals surface area contributed by atoms with Gasteiger partial charge in [0, 0.05) is 25.0 Å². The number of fused-ring (bicyclic) bond motifs is 1. The van der Waals surface area contributed by atoms with Crippen LogP contribution < -0.4 is 5.32 Å². The second kappa shape index (κ2) is 9.68. The van der Waals surface area contributed by atoms with Gasteiger partial charge in [0.05, 0.1) is 28.4 Å². The zero-order valence-electron chi connectivity index (χ0n) is 19.3. The first-order valence-electron chi connectivity index (χ1n) is 10.9. The zero-order valence-corrected chi connectivity index (χ0v) is 20.8. The van der Waals surface area contributed by atoms with Crippen molar-refractivity contribution in [1.82, 2.24) is 14.7 Å². The SMILES string of the molecule is CC(C)(C)OC(=O)N1CCc2cc(NC(=O)c3cnn(Cc4ccc(Cl)c(Cl)c4)c3)ccc2C1. The van der Waals surface area contributed by atoms with Crippen LogP contribution >= 0.6 is 23.2 Å². The molecule has 9 heteroatoms. The number of aromatic nitrogens is 2. The van der Waals surface area contributed by atoms with Gasteiger partial charge in [-0.05, 0) is 68.1 Å². The van der Waals surface area contributed by atoms with Crippen LogP contribution in [0.1, 0.15) is 47.8 Å². The van der Waals surface area contributed by atoms with Gasteiger partial charge < -0.3 is 15.0 Å². The molecule has 0 bridgehead atoms. The van der Waals surface area contributed by atoms with E-state index in [1.165, 1.54) is 6.20 Å². The molecule has 2 heterocycles. The van der Waals surface area contributed by atoms with Crippen LogP contribution in [0.15, 0.2) is 48.8 Å². The number of benzene rings is 2. The average molecular weight is 501 g/mol. The van der Waals surface area contributed by atoms with E-state index in [9.17, 15) is 9.59 Å². The minimum absolute atomic E-state index is 0.244. The first-order valence-corrected chi connectivity index (χ1v) is 11.7. The normalized spacial score (nSPS) is 13.4. The standard InChI is InChI=1S/C25H26Cl2N4O3/c1-25(2,3)34-24(33)30-9-8-17-11-20(6-5-18(17)14-30)29-23(32)19-12-28-31(15-19)13-16-4-7-21(26)22(27)10-16/h4-7,10-12,15H,8-9,13-14H2,1-3H3,(H,29,32). The van der Waals surface area contributed by atoms with Gasteiger partial charge in [0.1, 0.15) is 5.60 Å². The van der Waals surface area contributed by atoms with Crippen molar-refractivity contribution in [2.45, 2.75) is 45.9 Å². The van der Waals surface area contributed by atoms with Crippen molar-refractivity contribution in [2.75, 3.05) is 11.9 Å². The smallest absolute Gasteiger partial charge is 0.410 e. The Morgan fingerprint density at radius 3 is 2.62 bits per heavy atom. The quantitative estimate of drug-likeness (QED) is 0.492. The molecule has 0 saturated heterocycles. The van der Waals surface area contributed by atoms with Crippen LogP contribution in [0.4, 0.5) is 10.5 Å². The molecule has 2 amide bonds. The highest BCUT2D eigenvalue weighted by Crippen LogP contribution is 2.25. The predicted octanol–water partition coefficient (Wildman–Crippen LogP) is 5.78. The predicted molar refractivity (Wildman–Crippen MR) is 133 cm³/mol. The van der Waals surface area contributed by atoms with E-state index >= 15 is 0 Å². The summed E-state index contributed by atoms with van der Waals surface area (Å²) in [5.74, 6) is -0.244. The van der Waals surface area contributed by atoms with Crippen molar-refractivity contribution in [1.29, 1.82) is 0 Å². The summed E-state index contributed by atoms with van der Waals surface area (Å²) in [4.78, 5) is 26.8. The molecular weight excluding hydrogens is 475 g/mol. The van der Waals surface area contributed by atoms with Crippen LogP contribution in [0, 0.1) is 0 Å². The van der Waals surface area contributed by atoms with Gasteiger partial charge in [-0.2, -0.15) is 5.10 Å². The van der Waals surface area contributed by atoms with Gasteiger partial charge in [-0.25, -0.2) is 4.79 Å². The maximum atomic E-state index is 12.7. The van der Waals surface area contributed by atoms with Gasteiger partial charge in [0.2, 0.25) is 0 Å². The highest BCUT2D eigenvalue weighted by Gasteiger charge is 2.26. The van der Waals surface area contributed by atoms with Gasteiger partial charge in [0.15, 0.2) is 0 Å². The van der Waals surface area contributed by atoms with E-state index in [1.54, 1.807) is 27.9 Å². The lowest BCUT2D eigenvalue weighted by atomic mass is 9.99. The molecule has 0 aliphatic carbocycles. The van der Waals surface area contributed by atoms with Gasteiger partial charge in [-0.1, -0.05) is 35.3 Å². The number of rotatable bonds is 4. The fourth-order valence-corrected chi connectivity index (χ4v) is 4.03. The molecule has 1 aliphatic rings. The average Bonchev–Trinajstić information content (AvgIpc) is 3.23. The Labute approximate surface area is 208 Å². The monoisotopic (exact) mass is 500 g/mol. The van der Waals surface area contributed by atoms with Gasteiger partial charge in [-0.3, -0.25) is 9.48 Å². The fraction of sp³-hybridized carbons (Fsp3) is 0.320. The van der Waals surface area contributed by atoms with Crippen molar-refractivity contribution in [3.8, 4) is 0 Å². The number of ether oxygens (including phenoxy) is 1. The molecule has 3 aromatic rings. The van der Waals surface area contributed by atoms with Crippen molar-refractivity contribution < 1.29 is 14.3 Å². The maximum Gasteiger partial charge on any atom is 0.410 e. The Morgan fingerprint density at radius 2 is 1.88 bits per heavy atom. The minimum Gasteiger partial charge on any atom is -0.444 e. The Bertz CT molecular complexity index is 1230. The molecule has 1 N–H and O–H groups in total. The topological polar surface area (TPSA) is 76.5 Å². The summed E-state index contributed by atoms with van der Waals surface area (Å²) in [6, 6.07) is 11.1.